The molecule has 2 aromatic rings. The number of rotatable bonds is 4. The highest BCUT2D eigenvalue weighted by Gasteiger charge is 2.06. The molecule has 0 unspecified atom stereocenters. The van der Waals surface area contributed by atoms with Crippen molar-refractivity contribution in [3.05, 3.63) is 64.2 Å². The second kappa shape index (κ2) is 7.14. The SMILES string of the molecule is Cc1cccc(C)c1NC(=O)NCCc1cccc(Cl)c1. The average Bonchev–Trinajstić information content (AvgIpc) is 2.43. The first-order valence-electron chi connectivity index (χ1n) is 6.92. The Morgan fingerprint density at radius 3 is 2.43 bits per heavy atom. The number of halogens is 1. The van der Waals surface area contributed by atoms with E-state index in [1.165, 1.54) is 0 Å². The minimum absolute atomic E-state index is 0.186. The van der Waals surface area contributed by atoms with Gasteiger partial charge in [0, 0.05) is 17.3 Å². The lowest BCUT2D eigenvalue weighted by molar-refractivity contribution is 0.252. The molecule has 0 heterocycles. The van der Waals surface area contributed by atoms with Crippen LogP contribution in [0.1, 0.15) is 16.7 Å². The quantitative estimate of drug-likeness (QED) is 0.867. The average molecular weight is 303 g/mol. The van der Waals surface area contributed by atoms with Crippen LogP contribution in [-0.4, -0.2) is 12.6 Å². The number of hydrogen-bond donors (Lipinski definition) is 2. The minimum Gasteiger partial charge on any atom is -0.338 e. The Morgan fingerprint density at radius 2 is 1.76 bits per heavy atom. The number of amides is 2. The van der Waals surface area contributed by atoms with Gasteiger partial charge in [0.15, 0.2) is 0 Å². The summed E-state index contributed by atoms with van der Waals surface area (Å²) in [5.41, 5.74) is 4.09. The zero-order valence-electron chi connectivity index (χ0n) is 12.2. The number of anilines is 1. The molecule has 4 heteroatoms. The van der Waals surface area contributed by atoms with Gasteiger partial charge in [-0.25, -0.2) is 4.79 Å². The molecular formula is C17H19ClN2O. The van der Waals surface area contributed by atoms with E-state index in [1.807, 2.05) is 56.3 Å². The van der Waals surface area contributed by atoms with Gasteiger partial charge in [0.2, 0.25) is 0 Å². The molecule has 0 fully saturated rings. The van der Waals surface area contributed by atoms with E-state index in [4.69, 9.17) is 11.6 Å². The van der Waals surface area contributed by atoms with E-state index in [0.29, 0.717) is 11.6 Å². The third-order valence-electron chi connectivity index (χ3n) is 3.31. The van der Waals surface area contributed by atoms with Crippen molar-refractivity contribution in [3.8, 4) is 0 Å². The molecule has 0 atom stereocenters. The summed E-state index contributed by atoms with van der Waals surface area (Å²) in [6.45, 7) is 4.53. The van der Waals surface area contributed by atoms with Crippen molar-refractivity contribution in [1.82, 2.24) is 5.32 Å². The van der Waals surface area contributed by atoms with Gasteiger partial charge in [0.05, 0.1) is 0 Å². The summed E-state index contributed by atoms with van der Waals surface area (Å²) in [6, 6.07) is 13.4. The molecule has 21 heavy (non-hydrogen) atoms. The molecule has 0 saturated heterocycles. The second-order valence-electron chi connectivity index (χ2n) is 5.03. The van der Waals surface area contributed by atoms with E-state index >= 15 is 0 Å². The fourth-order valence-electron chi connectivity index (χ4n) is 2.18. The predicted molar refractivity (Wildman–Crippen MR) is 88.1 cm³/mol. The molecule has 2 aromatic carbocycles. The number of carbonyl (C=O) groups excluding carboxylic acids is 1. The molecule has 0 aliphatic heterocycles. The third-order valence-corrected chi connectivity index (χ3v) is 3.54. The minimum atomic E-state index is -0.186. The largest absolute Gasteiger partial charge is 0.338 e. The van der Waals surface area contributed by atoms with Crippen molar-refractivity contribution in [3.63, 3.8) is 0 Å². The molecule has 2 N–H and O–H groups in total. The number of para-hydroxylation sites is 1. The molecule has 0 bridgehead atoms. The Balaban J connectivity index is 1.85. The van der Waals surface area contributed by atoms with Gasteiger partial charge in [0.25, 0.3) is 0 Å². The Hall–Kier alpha value is -2.00. The van der Waals surface area contributed by atoms with Gasteiger partial charge in [0.1, 0.15) is 0 Å². The zero-order valence-corrected chi connectivity index (χ0v) is 13.0. The summed E-state index contributed by atoms with van der Waals surface area (Å²) in [4.78, 5) is 11.9. The Bertz CT molecular complexity index is 620. The number of benzene rings is 2. The van der Waals surface area contributed by atoms with Crippen LogP contribution in [0.15, 0.2) is 42.5 Å². The molecule has 0 radical (unpaired) electrons. The number of hydrogen-bond acceptors (Lipinski definition) is 1. The summed E-state index contributed by atoms with van der Waals surface area (Å²) in [6.07, 6.45) is 0.751. The number of aryl methyl sites for hydroxylation is 2. The molecule has 0 aromatic heterocycles. The lowest BCUT2D eigenvalue weighted by Gasteiger charge is -2.12. The van der Waals surface area contributed by atoms with Crippen LogP contribution < -0.4 is 10.6 Å². The maximum Gasteiger partial charge on any atom is 0.319 e. The van der Waals surface area contributed by atoms with Crippen LogP contribution in [0.3, 0.4) is 0 Å². The number of urea groups is 1. The van der Waals surface area contributed by atoms with Crippen LogP contribution in [0, 0.1) is 13.8 Å². The zero-order chi connectivity index (χ0) is 15.2. The van der Waals surface area contributed by atoms with Gasteiger partial charge < -0.3 is 10.6 Å². The monoisotopic (exact) mass is 302 g/mol. The normalized spacial score (nSPS) is 10.2. The summed E-state index contributed by atoms with van der Waals surface area (Å²) >= 11 is 5.93. The van der Waals surface area contributed by atoms with E-state index < -0.39 is 0 Å². The van der Waals surface area contributed by atoms with Crippen molar-refractivity contribution >= 4 is 23.3 Å². The van der Waals surface area contributed by atoms with Crippen LogP contribution in [0.2, 0.25) is 5.02 Å². The van der Waals surface area contributed by atoms with Gasteiger partial charge in [-0.3, -0.25) is 0 Å². The molecule has 0 saturated carbocycles. The molecule has 0 aliphatic carbocycles. The molecular weight excluding hydrogens is 284 g/mol. The Kier molecular flexibility index (Phi) is 5.23. The summed E-state index contributed by atoms with van der Waals surface area (Å²) < 4.78 is 0. The van der Waals surface area contributed by atoms with E-state index in [1.54, 1.807) is 0 Å². The summed E-state index contributed by atoms with van der Waals surface area (Å²) in [5, 5.41) is 6.48. The first-order valence-corrected chi connectivity index (χ1v) is 7.29. The van der Waals surface area contributed by atoms with E-state index in [9.17, 15) is 4.79 Å². The lowest BCUT2D eigenvalue weighted by Crippen LogP contribution is -2.31. The van der Waals surface area contributed by atoms with Crippen molar-refractivity contribution < 1.29 is 4.79 Å². The van der Waals surface area contributed by atoms with Crippen molar-refractivity contribution in [2.75, 3.05) is 11.9 Å². The van der Waals surface area contributed by atoms with Crippen LogP contribution in [0.4, 0.5) is 10.5 Å². The Morgan fingerprint density at radius 1 is 1.10 bits per heavy atom. The number of carbonyl (C=O) groups is 1. The number of nitrogens with one attached hydrogen (secondary N) is 2. The van der Waals surface area contributed by atoms with Gasteiger partial charge in [-0.05, 0) is 49.1 Å². The van der Waals surface area contributed by atoms with Gasteiger partial charge in [-0.2, -0.15) is 0 Å². The van der Waals surface area contributed by atoms with E-state index in [0.717, 1.165) is 28.8 Å². The molecule has 0 spiro atoms. The maximum atomic E-state index is 11.9. The highest BCUT2D eigenvalue weighted by molar-refractivity contribution is 6.30. The summed E-state index contributed by atoms with van der Waals surface area (Å²) in [5.74, 6) is 0. The topological polar surface area (TPSA) is 41.1 Å². The Labute approximate surface area is 130 Å². The van der Waals surface area contributed by atoms with Crippen LogP contribution in [0.5, 0.6) is 0 Å². The van der Waals surface area contributed by atoms with Crippen LogP contribution in [-0.2, 0) is 6.42 Å². The highest BCUT2D eigenvalue weighted by atomic mass is 35.5. The van der Waals surface area contributed by atoms with Crippen LogP contribution in [0.25, 0.3) is 0 Å². The molecule has 110 valence electrons. The predicted octanol–water partition coefficient (Wildman–Crippen LogP) is 4.32. The molecule has 2 rings (SSSR count). The smallest absolute Gasteiger partial charge is 0.319 e. The van der Waals surface area contributed by atoms with E-state index in [2.05, 4.69) is 10.6 Å². The fraction of sp³-hybridized carbons (Fsp3) is 0.235. The van der Waals surface area contributed by atoms with Gasteiger partial charge in [-0.15, -0.1) is 0 Å². The fourth-order valence-corrected chi connectivity index (χ4v) is 2.40. The first kappa shape index (κ1) is 15.4. The maximum absolute atomic E-state index is 11.9. The first-order chi connectivity index (χ1) is 10.1. The molecule has 3 nitrogen and oxygen atoms in total. The lowest BCUT2D eigenvalue weighted by atomic mass is 10.1. The van der Waals surface area contributed by atoms with Crippen molar-refractivity contribution in [2.24, 2.45) is 0 Å². The summed E-state index contributed by atoms with van der Waals surface area (Å²) in [7, 11) is 0. The van der Waals surface area contributed by atoms with E-state index in [-0.39, 0.29) is 6.03 Å². The third kappa shape index (κ3) is 4.50. The van der Waals surface area contributed by atoms with Crippen molar-refractivity contribution in [2.45, 2.75) is 20.3 Å². The van der Waals surface area contributed by atoms with Crippen molar-refractivity contribution in [1.29, 1.82) is 0 Å². The molecule has 0 aliphatic rings. The second-order valence-corrected chi connectivity index (χ2v) is 5.46. The highest BCUT2D eigenvalue weighted by Crippen LogP contribution is 2.19. The van der Waals surface area contributed by atoms with Gasteiger partial charge in [-0.1, -0.05) is 41.9 Å². The molecule has 2 amide bonds. The van der Waals surface area contributed by atoms with Gasteiger partial charge >= 0.3 is 6.03 Å². The van der Waals surface area contributed by atoms with Crippen LogP contribution >= 0.6 is 11.6 Å². The standard InChI is InChI=1S/C17H19ClN2O/c1-12-5-3-6-13(2)16(12)20-17(21)19-10-9-14-7-4-8-15(18)11-14/h3-8,11H,9-10H2,1-2H3,(H2,19,20,21).